The maximum absolute atomic E-state index is 10.6. The van der Waals surface area contributed by atoms with Gasteiger partial charge in [0, 0.05) is 18.9 Å². The van der Waals surface area contributed by atoms with Crippen LogP contribution in [0, 0.1) is 0 Å². The Balaban J connectivity index is 0.000000371. The van der Waals surface area contributed by atoms with Gasteiger partial charge in [-0.05, 0) is 12.8 Å². The largest absolute Gasteiger partial charge is 0.328 e. The molecule has 0 heterocycles. The maximum atomic E-state index is 10.6. The molecule has 2 nitrogen and oxygen atoms in total. The van der Waals surface area contributed by atoms with Crippen molar-refractivity contribution >= 4 is 5.78 Å². The molecule has 1 fully saturated rings. The molecule has 0 aromatic heterocycles. The molecule has 1 aliphatic carbocycles. The van der Waals surface area contributed by atoms with Crippen molar-refractivity contribution in [1.29, 1.82) is 0 Å². The van der Waals surface area contributed by atoms with E-state index in [0.29, 0.717) is 24.7 Å². The Morgan fingerprint density at radius 2 is 1.70 bits per heavy atom. The van der Waals surface area contributed by atoms with Crippen LogP contribution in [-0.4, -0.2) is 11.8 Å². The van der Waals surface area contributed by atoms with E-state index in [-0.39, 0.29) is 0 Å². The first kappa shape index (κ1) is 9.37. The minimum atomic E-state index is 0.299. The second kappa shape index (κ2) is 5.18. The van der Waals surface area contributed by atoms with E-state index < -0.39 is 0 Å². The molecule has 0 atom stereocenters. The topological polar surface area (TPSA) is 43.1 Å². The smallest absolute Gasteiger partial charge is 0.133 e. The summed E-state index contributed by atoms with van der Waals surface area (Å²) in [5.41, 5.74) is 5.54. The average molecular weight is 141 g/mol. The van der Waals surface area contributed by atoms with Crippen LogP contribution in [0.15, 0.2) is 13.2 Å². The number of ketones is 1. The molecule has 58 valence electrons. The van der Waals surface area contributed by atoms with Crippen molar-refractivity contribution in [1.82, 2.24) is 0 Å². The molecule has 1 aliphatic rings. The Hall–Kier alpha value is -0.630. The molecule has 0 aromatic rings. The van der Waals surface area contributed by atoms with Gasteiger partial charge in [-0.25, -0.2) is 0 Å². The van der Waals surface area contributed by atoms with Crippen molar-refractivity contribution in [2.75, 3.05) is 0 Å². The molecule has 2 heteroatoms. The van der Waals surface area contributed by atoms with Crippen molar-refractivity contribution in [2.45, 2.75) is 31.7 Å². The van der Waals surface area contributed by atoms with E-state index in [1.54, 1.807) is 0 Å². The SMILES string of the molecule is C=C.NC1CCC(=O)CC1. The number of hydrogen-bond acceptors (Lipinski definition) is 2. The molecular weight excluding hydrogens is 126 g/mol. The molecule has 0 spiro atoms. The van der Waals surface area contributed by atoms with Crippen LogP contribution in [0.25, 0.3) is 0 Å². The van der Waals surface area contributed by atoms with Gasteiger partial charge in [-0.3, -0.25) is 4.79 Å². The molecule has 0 radical (unpaired) electrons. The van der Waals surface area contributed by atoms with E-state index in [9.17, 15) is 4.79 Å². The van der Waals surface area contributed by atoms with E-state index in [2.05, 4.69) is 13.2 Å². The fourth-order valence-electron chi connectivity index (χ4n) is 0.962. The summed E-state index contributed by atoms with van der Waals surface area (Å²) in [5, 5.41) is 0. The van der Waals surface area contributed by atoms with Gasteiger partial charge in [-0.2, -0.15) is 0 Å². The summed E-state index contributed by atoms with van der Waals surface area (Å²) < 4.78 is 0. The van der Waals surface area contributed by atoms with Gasteiger partial charge in [0.15, 0.2) is 0 Å². The maximum Gasteiger partial charge on any atom is 0.133 e. The third kappa shape index (κ3) is 3.41. The normalized spacial score (nSPS) is 19.5. The van der Waals surface area contributed by atoms with E-state index in [1.807, 2.05) is 0 Å². The highest BCUT2D eigenvalue weighted by molar-refractivity contribution is 5.79. The molecule has 0 saturated heterocycles. The lowest BCUT2D eigenvalue weighted by atomic mass is 9.95. The monoisotopic (exact) mass is 141 g/mol. The first-order valence-corrected chi connectivity index (χ1v) is 3.56. The summed E-state index contributed by atoms with van der Waals surface area (Å²) in [6, 6.07) is 0.299. The van der Waals surface area contributed by atoms with Crippen molar-refractivity contribution in [2.24, 2.45) is 5.73 Å². The van der Waals surface area contributed by atoms with Crippen LogP contribution in [0.1, 0.15) is 25.7 Å². The molecule has 10 heavy (non-hydrogen) atoms. The number of Topliss-reactive ketones (excluding diaryl/α,β-unsaturated/α-hetero) is 1. The summed E-state index contributed by atoms with van der Waals surface area (Å²) in [6.07, 6.45) is 3.22. The Morgan fingerprint density at radius 1 is 1.30 bits per heavy atom. The first-order chi connectivity index (χ1) is 4.79. The quantitative estimate of drug-likeness (QED) is 0.516. The van der Waals surface area contributed by atoms with Crippen LogP contribution in [0.3, 0.4) is 0 Å². The van der Waals surface area contributed by atoms with Gasteiger partial charge >= 0.3 is 0 Å². The third-order valence-electron chi connectivity index (χ3n) is 1.59. The number of nitrogens with two attached hydrogens (primary N) is 1. The van der Waals surface area contributed by atoms with E-state index in [1.165, 1.54) is 0 Å². The first-order valence-electron chi connectivity index (χ1n) is 3.56. The van der Waals surface area contributed by atoms with Gasteiger partial charge < -0.3 is 5.73 Å². The highest BCUT2D eigenvalue weighted by atomic mass is 16.1. The van der Waals surface area contributed by atoms with E-state index in [0.717, 1.165) is 12.8 Å². The van der Waals surface area contributed by atoms with Crippen molar-refractivity contribution in [3.8, 4) is 0 Å². The predicted molar refractivity (Wildman–Crippen MR) is 42.7 cm³/mol. The molecule has 1 rings (SSSR count). The summed E-state index contributed by atoms with van der Waals surface area (Å²) in [5.74, 6) is 0.381. The number of carbonyl (C=O) groups excluding carboxylic acids is 1. The Kier molecular flexibility index (Phi) is 4.85. The zero-order valence-electron chi connectivity index (χ0n) is 6.31. The molecule has 1 saturated carbocycles. The van der Waals surface area contributed by atoms with E-state index >= 15 is 0 Å². The number of rotatable bonds is 0. The Bertz CT molecular complexity index is 102. The summed E-state index contributed by atoms with van der Waals surface area (Å²) in [4.78, 5) is 10.6. The lowest BCUT2D eigenvalue weighted by Crippen LogP contribution is -2.26. The zero-order valence-corrected chi connectivity index (χ0v) is 6.31. The second-order valence-electron chi connectivity index (χ2n) is 2.38. The van der Waals surface area contributed by atoms with Crippen LogP contribution < -0.4 is 5.73 Å². The lowest BCUT2D eigenvalue weighted by Gasteiger charge is -2.14. The molecule has 0 bridgehead atoms. The van der Waals surface area contributed by atoms with Crippen LogP contribution in [0.5, 0.6) is 0 Å². The van der Waals surface area contributed by atoms with Gasteiger partial charge in [0.25, 0.3) is 0 Å². The minimum Gasteiger partial charge on any atom is -0.328 e. The standard InChI is InChI=1S/C6H11NO.C2H4/c7-5-1-3-6(8)4-2-5;1-2/h5H,1-4,7H2;1-2H2. The van der Waals surface area contributed by atoms with Gasteiger partial charge in [0.1, 0.15) is 5.78 Å². The van der Waals surface area contributed by atoms with Gasteiger partial charge in [0.05, 0.1) is 0 Å². The van der Waals surface area contributed by atoms with Crippen LogP contribution >= 0.6 is 0 Å². The molecule has 0 aromatic carbocycles. The van der Waals surface area contributed by atoms with Gasteiger partial charge in [-0.15, -0.1) is 13.2 Å². The average Bonchev–Trinajstić information content (AvgIpc) is 2.00. The molecule has 0 amide bonds. The van der Waals surface area contributed by atoms with Gasteiger partial charge in [0.2, 0.25) is 0 Å². The lowest BCUT2D eigenvalue weighted by molar-refractivity contribution is -0.120. The Labute approximate surface area is 62.1 Å². The Morgan fingerprint density at radius 3 is 2.00 bits per heavy atom. The predicted octanol–water partition coefficient (Wildman–Crippen LogP) is 1.26. The van der Waals surface area contributed by atoms with Crippen molar-refractivity contribution in [3.63, 3.8) is 0 Å². The van der Waals surface area contributed by atoms with Crippen LogP contribution in [0.4, 0.5) is 0 Å². The fraction of sp³-hybridized carbons (Fsp3) is 0.625. The number of carbonyl (C=O) groups is 1. The second-order valence-corrected chi connectivity index (χ2v) is 2.38. The highest BCUT2D eigenvalue weighted by Crippen LogP contribution is 2.11. The minimum absolute atomic E-state index is 0.299. The van der Waals surface area contributed by atoms with Crippen molar-refractivity contribution < 1.29 is 4.79 Å². The number of hydrogen-bond donors (Lipinski definition) is 1. The summed E-state index contributed by atoms with van der Waals surface area (Å²) in [7, 11) is 0. The van der Waals surface area contributed by atoms with Gasteiger partial charge in [-0.1, -0.05) is 0 Å². The molecular formula is C8H15NO. The summed E-state index contributed by atoms with van der Waals surface area (Å²) >= 11 is 0. The highest BCUT2D eigenvalue weighted by Gasteiger charge is 2.13. The summed E-state index contributed by atoms with van der Waals surface area (Å²) in [6.45, 7) is 6.00. The van der Waals surface area contributed by atoms with Crippen molar-refractivity contribution in [3.05, 3.63) is 13.2 Å². The molecule has 0 aliphatic heterocycles. The van der Waals surface area contributed by atoms with Crippen LogP contribution in [-0.2, 0) is 4.79 Å². The third-order valence-corrected chi connectivity index (χ3v) is 1.59. The van der Waals surface area contributed by atoms with E-state index in [4.69, 9.17) is 5.73 Å². The van der Waals surface area contributed by atoms with Crippen LogP contribution in [0.2, 0.25) is 0 Å². The fourth-order valence-corrected chi connectivity index (χ4v) is 0.962. The molecule has 0 unspecified atom stereocenters. The molecule has 2 N–H and O–H groups in total. The zero-order chi connectivity index (χ0) is 7.98.